The molecule has 2 N–H and O–H groups in total. The number of rotatable bonds is 3. The summed E-state index contributed by atoms with van der Waals surface area (Å²) in [4.78, 5) is 3.98. The number of halogens is 5. The van der Waals surface area contributed by atoms with Gasteiger partial charge in [0.05, 0.1) is 10.0 Å². The van der Waals surface area contributed by atoms with Crippen molar-refractivity contribution in [1.29, 1.82) is 0 Å². The van der Waals surface area contributed by atoms with Crippen molar-refractivity contribution in [3.63, 3.8) is 0 Å². The fraction of sp³-hybridized carbons (Fsp3) is 0.154. The number of nitrogens with zero attached hydrogens (tertiary/aromatic N) is 1. The zero-order valence-electron chi connectivity index (χ0n) is 10.7. The molecule has 0 bridgehead atoms. The molecule has 8 heteroatoms. The van der Waals surface area contributed by atoms with Crippen molar-refractivity contribution in [2.24, 2.45) is 0 Å². The van der Waals surface area contributed by atoms with Crippen molar-refractivity contribution < 1.29 is 17.6 Å². The topological polar surface area (TPSA) is 37.0 Å². The lowest BCUT2D eigenvalue weighted by atomic mass is 10.2. The molecule has 0 aliphatic carbocycles. The second-order valence-electron chi connectivity index (χ2n) is 4.13. The van der Waals surface area contributed by atoms with Crippen LogP contribution in [0.1, 0.15) is 5.56 Å². The van der Waals surface area contributed by atoms with Crippen LogP contribution < -0.4 is 10.6 Å². The molecule has 0 aliphatic rings. The first-order valence-electron chi connectivity index (χ1n) is 5.78. The molecule has 0 fully saturated rings. The third kappa shape index (κ3) is 3.84. The second-order valence-corrected chi connectivity index (χ2v) is 4.98. The van der Waals surface area contributed by atoms with E-state index in [1.54, 1.807) is 0 Å². The maximum Gasteiger partial charge on any atom is 0.416 e. The van der Waals surface area contributed by atoms with Gasteiger partial charge in [-0.2, -0.15) is 13.2 Å². The van der Waals surface area contributed by atoms with Gasteiger partial charge in [-0.25, -0.2) is 9.37 Å². The van der Waals surface area contributed by atoms with Gasteiger partial charge in [0, 0.05) is 12.7 Å². The first kappa shape index (κ1) is 15.6. The number of pyridine rings is 1. The van der Waals surface area contributed by atoms with Crippen LogP contribution in [0.5, 0.6) is 0 Å². The van der Waals surface area contributed by atoms with Crippen molar-refractivity contribution in [3.05, 3.63) is 46.2 Å². The standard InChI is InChI=1S/C13H10BrF4N3/c1-19-11-4-7(13(16,17)18)5-12(21-11)20-8-2-3-10(15)9(14)6-8/h2-6H,1H3,(H2,19,20,21). The Bertz CT molecular complexity index is 658. The highest BCUT2D eigenvalue weighted by Crippen LogP contribution is 2.33. The van der Waals surface area contributed by atoms with Crippen molar-refractivity contribution >= 4 is 33.3 Å². The molecule has 1 heterocycles. The summed E-state index contributed by atoms with van der Waals surface area (Å²) in [5.74, 6) is -0.380. The van der Waals surface area contributed by atoms with Gasteiger partial charge < -0.3 is 10.6 Å². The van der Waals surface area contributed by atoms with Gasteiger partial charge in [0.15, 0.2) is 0 Å². The molecule has 0 saturated carbocycles. The van der Waals surface area contributed by atoms with Crippen molar-refractivity contribution in [3.8, 4) is 0 Å². The van der Waals surface area contributed by atoms with E-state index in [1.165, 1.54) is 25.2 Å². The molecular formula is C13H10BrF4N3. The van der Waals surface area contributed by atoms with E-state index in [0.29, 0.717) is 5.69 Å². The van der Waals surface area contributed by atoms with E-state index in [2.05, 4.69) is 31.5 Å². The highest BCUT2D eigenvalue weighted by molar-refractivity contribution is 9.10. The van der Waals surface area contributed by atoms with E-state index in [0.717, 1.165) is 12.1 Å². The molecule has 0 saturated heterocycles. The van der Waals surface area contributed by atoms with Crippen LogP contribution in [0.15, 0.2) is 34.8 Å². The number of nitrogens with one attached hydrogen (secondary N) is 2. The first-order chi connectivity index (χ1) is 9.79. The van der Waals surface area contributed by atoms with E-state index in [-0.39, 0.29) is 16.1 Å². The number of hydrogen-bond donors (Lipinski definition) is 2. The smallest absolute Gasteiger partial charge is 0.373 e. The Morgan fingerprint density at radius 3 is 2.33 bits per heavy atom. The van der Waals surface area contributed by atoms with Crippen LogP contribution in [0.4, 0.5) is 34.9 Å². The number of anilines is 3. The Morgan fingerprint density at radius 2 is 1.76 bits per heavy atom. The van der Waals surface area contributed by atoms with Crippen LogP contribution in [0.2, 0.25) is 0 Å². The largest absolute Gasteiger partial charge is 0.416 e. The van der Waals surface area contributed by atoms with Gasteiger partial charge in [-0.1, -0.05) is 0 Å². The zero-order chi connectivity index (χ0) is 15.6. The van der Waals surface area contributed by atoms with Gasteiger partial charge in [0.1, 0.15) is 17.5 Å². The summed E-state index contributed by atoms with van der Waals surface area (Å²) in [5.41, 5.74) is -0.414. The Hall–Kier alpha value is -1.83. The molecule has 0 spiro atoms. The lowest BCUT2D eigenvalue weighted by Gasteiger charge is -2.12. The first-order valence-corrected chi connectivity index (χ1v) is 6.58. The molecular weight excluding hydrogens is 354 g/mol. The molecule has 0 aliphatic heterocycles. The summed E-state index contributed by atoms with van der Waals surface area (Å²) in [6, 6.07) is 5.81. The number of hydrogen-bond acceptors (Lipinski definition) is 3. The Labute approximate surface area is 126 Å². The van der Waals surface area contributed by atoms with Gasteiger partial charge in [-0.05, 0) is 46.3 Å². The normalized spacial score (nSPS) is 11.3. The SMILES string of the molecule is CNc1cc(C(F)(F)F)cc(Nc2ccc(F)c(Br)c2)n1. The quantitative estimate of drug-likeness (QED) is 0.770. The monoisotopic (exact) mass is 363 g/mol. The average molecular weight is 364 g/mol. The lowest BCUT2D eigenvalue weighted by Crippen LogP contribution is -2.08. The van der Waals surface area contributed by atoms with Gasteiger partial charge in [0.2, 0.25) is 0 Å². The van der Waals surface area contributed by atoms with Crippen LogP contribution in [0.25, 0.3) is 0 Å². The minimum atomic E-state index is -4.48. The summed E-state index contributed by atoms with van der Waals surface area (Å²) in [6.07, 6.45) is -4.48. The summed E-state index contributed by atoms with van der Waals surface area (Å²) < 4.78 is 51.7. The molecule has 0 unspecified atom stereocenters. The van der Waals surface area contributed by atoms with Crippen molar-refractivity contribution in [2.75, 3.05) is 17.7 Å². The van der Waals surface area contributed by atoms with E-state index in [4.69, 9.17) is 0 Å². The van der Waals surface area contributed by atoms with Gasteiger partial charge in [0.25, 0.3) is 0 Å². The fourth-order valence-corrected chi connectivity index (χ4v) is 1.99. The van der Waals surface area contributed by atoms with Gasteiger partial charge in [-0.15, -0.1) is 0 Å². The second kappa shape index (κ2) is 5.88. The van der Waals surface area contributed by atoms with Crippen LogP contribution in [0.3, 0.4) is 0 Å². The molecule has 2 aromatic rings. The fourth-order valence-electron chi connectivity index (χ4n) is 1.61. The van der Waals surface area contributed by atoms with E-state index >= 15 is 0 Å². The molecule has 1 aromatic carbocycles. The average Bonchev–Trinajstić information content (AvgIpc) is 2.41. The zero-order valence-corrected chi connectivity index (χ0v) is 12.3. The highest BCUT2D eigenvalue weighted by Gasteiger charge is 2.31. The molecule has 3 nitrogen and oxygen atoms in total. The maximum atomic E-state index is 13.1. The van der Waals surface area contributed by atoms with Crippen LogP contribution in [0, 0.1) is 5.82 Å². The maximum absolute atomic E-state index is 13.1. The molecule has 1 aromatic heterocycles. The Morgan fingerprint density at radius 1 is 1.10 bits per heavy atom. The summed E-state index contributed by atoms with van der Waals surface area (Å²) >= 11 is 3.01. The Balaban J connectivity index is 2.36. The van der Waals surface area contributed by atoms with E-state index in [9.17, 15) is 17.6 Å². The predicted molar refractivity (Wildman–Crippen MR) is 76.2 cm³/mol. The minimum Gasteiger partial charge on any atom is -0.373 e. The third-order valence-corrected chi connectivity index (χ3v) is 3.21. The molecule has 0 radical (unpaired) electrons. The molecule has 0 amide bonds. The number of aromatic nitrogens is 1. The summed E-state index contributed by atoms with van der Waals surface area (Å²) in [5, 5.41) is 5.28. The summed E-state index contributed by atoms with van der Waals surface area (Å²) in [7, 11) is 1.47. The summed E-state index contributed by atoms with van der Waals surface area (Å²) in [6.45, 7) is 0. The van der Waals surface area contributed by atoms with Gasteiger partial charge >= 0.3 is 6.18 Å². The number of benzene rings is 1. The minimum absolute atomic E-state index is 0.00711. The Kier molecular flexibility index (Phi) is 4.36. The van der Waals surface area contributed by atoms with E-state index < -0.39 is 17.6 Å². The predicted octanol–water partition coefficient (Wildman–Crippen LogP) is 4.79. The van der Waals surface area contributed by atoms with Crippen LogP contribution in [-0.2, 0) is 6.18 Å². The van der Waals surface area contributed by atoms with Crippen LogP contribution >= 0.6 is 15.9 Å². The highest BCUT2D eigenvalue weighted by atomic mass is 79.9. The molecule has 112 valence electrons. The van der Waals surface area contributed by atoms with Gasteiger partial charge in [-0.3, -0.25) is 0 Å². The molecule has 21 heavy (non-hydrogen) atoms. The lowest BCUT2D eigenvalue weighted by molar-refractivity contribution is -0.137. The number of alkyl halides is 3. The van der Waals surface area contributed by atoms with Crippen molar-refractivity contribution in [2.45, 2.75) is 6.18 Å². The molecule has 0 atom stereocenters. The van der Waals surface area contributed by atoms with Crippen molar-refractivity contribution in [1.82, 2.24) is 4.98 Å². The molecule has 2 rings (SSSR count). The van der Waals surface area contributed by atoms with E-state index in [1.807, 2.05) is 0 Å². The van der Waals surface area contributed by atoms with Crippen LogP contribution in [-0.4, -0.2) is 12.0 Å². The third-order valence-electron chi connectivity index (χ3n) is 2.60.